The minimum absolute atomic E-state index is 0.00635. The van der Waals surface area contributed by atoms with Gasteiger partial charge in [-0.1, -0.05) is 103 Å². The number of nitrogens with zero attached hydrogens (tertiary/aromatic N) is 2. The fourth-order valence-electron chi connectivity index (χ4n) is 6.06. The van der Waals surface area contributed by atoms with Crippen LogP contribution in [0, 0.1) is 6.92 Å². The molecule has 5 rings (SSSR count). The summed E-state index contributed by atoms with van der Waals surface area (Å²) in [6.45, 7) is 1.32. The molecule has 0 aliphatic heterocycles. The molecule has 1 fully saturated rings. The Morgan fingerprint density at radius 3 is 2.18 bits per heavy atom. The average molecular weight is 723 g/mol. The van der Waals surface area contributed by atoms with E-state index in [2.05, 4.69) is 5.32 Å². The number of anilines is 1. The quantitative estimate of drug-likeness (QED) is 0.154. The second-order valence-electron chi connectivity index (χ2n) is 12.3. The number of rotatable bonds is 13. The molecule has 0 saturated heterocycles. The zero-order valence-electron chi connectivity index (χ0n) is 27.6. The van der Waals surface area contributed by atoms with Crippen molar-refractivity contribution in [3.8, 4) is 5.75 Å². The van der Waals surface area contributed by atoms with E-state index >= 15 is 0 Å². The highest BCUT2D eigenvalue weighted by molar-refractivity contribution is 7.92. The molecule has 1 saturated carbocycles. The Labute approximate surface area is 299 Å². The molecular formula is C38H41Cl2N3O5S. The highest BCUT2D eigenvalue weighted by atomic mass is 35.5. The molecular weight excluding hydrogens is 681 g/mol. The summed E-state index contributed by atoms with van der Waals surface area (Å²) in [6.07, 6.45) is 5.15. The van der Waals surface area contributed by atoms with Crippen molar-refractivity contribution < 1.29 is 22.7 Å². The van der Waals surface area contributed by atoms with Crippen molar-refractivity contribution in [1.29, 1.82) is 0 Å². The van der Waals surface area contributed by atoms with E-state index in [1.807, 2.05) is 37.3 Å². The fourth-order valence-corrected chi connectivity index (χ4v) is 7.85. The van der Waals surface area contributed by atoms with E-state index in [4.69, 9.17) is 27.9 Å². The number of hydrogen-bond acceptors (Lipinski definition) is 5. The Morgan fingerprint density at radius 2 is 1.55 bits per heavy atom. The number of sulfonamides is 1. The highest BCUT2D eigenvalue weighted by Gasteiger charge is 2.35. The number of carbonyl (C=O) groups is 2. The number of nitrogens with one attached hydrogen (secondary N) is 1. The van der Waals surface area contributed by atoms with Crippen LogP contribution in [0.25, 0.3) is 0 Å². The molecule has 0 heterocycles. The van der Waals surface area contributed by atoms with E-state index in [9.17, 15) is 18.0 Å². The van der Waals surface area contributed by atoms with Gasteiger partial charge in [-0.15, -0.1) is 0 Å². The number of amides is 2. The van der Waals surface area contributed by atoms with Crippen LogP contribution in [0.15, 0.2) is 102 Å². The highest BCUT2D eigenvalue weighted by Crippen LogP contribution is 2.32. The number of hydrogen-bond donors (Lipinski definition) is 1. The van der Waals surface area contributed by atoms with Crippen LogP contribution >= 0.6 is 23.2 Å². The van der Waals surface area contributed by atoms with Gasteiger partial charge in [-0.25, -0.2) is 8.42 Å². The molecule has 0 bridgehead atoms. The maximum atomic E-state index is 14.7. The Bertz CT molecular complexity index is 1830. The summed E-state index contributed by atoms with van der Waals surface area (Å²) >= 11 is 12.7. The summed E-state index contributed by atoms with van der Waals surface area (Å²) in [5.41, 5.74) is 2.67. The van der Waals surface area contributed by atoms with Crippen LogP contribution in [0.5, 0.6) is 5.75 Å². The number of aryl methyl sites for hydroxylation is 1. The lowest BCUT2D eigenvalue weighted by molar-refractivity contribution is -0.140. The molecule has 1 aliphatic carbocycles. The van der Waals surface area contributed by atoms with Gasteiger partial charge in [-0.3, -0.25) is 13.9 Å². The van der Waals surface area contributed by atoms with E-state index in [1.54, 1.807) is 48.5 Å². The van der Waals surface area contributed by atoms with Crippen LogP contribution in [0.3, 0.4) is 0 Å². The molecule has 0 aromatic heterocycles. The Balaban J connectivity index is 1.58. The summed E-state index contributed by atoms with van der Waals surface area (Å²) < 4.78 is 35.0. The van der Waals surface area contributed by atoms with Gasteiger partial charge in [0.1, 0.15) is 18.3 Å². The predicted molar refractivity (Wildman–Crippen MR) is 195 cm³/mol. The van der Waals surface area contributed by atoms with Crippen LogP contribution < -0.4 is 14.4 Å². The second-order valence-corrected chi connectivity index (χ2v) is 15.0. The van der Waals surface area contributed by atoms with E-state index in [1.165, 1.54) is 30.2 Å². The van der Waals surface area contributed by atoms with E-state index in [0.29, 0.717) is 10.8 Å². The van der Waals surface area contributed by atoms with Gasteiger partial charge in [0.05, 0.1) is 22.7 Å². The minimum atomic E-state index is -4.27. The summed E-state index contributed by atoms with van der Waals surface area (Å²) in [4.78, 5) is 30.5. The maximum absolute atomic E-state index is 14.7. The van der Waals surface area contributed by atoms with Gasteiger partial charge in [0.15, 0.2) is 0 Å². The molecule has 1 N–H and O–H groups in total. The van der Waals surface area contributed by atoms with Crippen LogP contribution in [0.4, 0.5) is 5.69 Å². The third-order valence-electron chi connectivity index (χ3n) is 8.80. The van der Waals surface area contributed by atoms with E-state index < -0.39 is 28.5 Å². The maximum Gasteiger partial charge on any atom is 0.264 e. The lowest BCUT2D eigenvalue weighted by Crippen LogP contribution is -2.55. The standard InChI is InChI=1S/C38H41Cl2N3O5S/c1-27-13-20-33(21-14-27)49(46,47)43(32-19-22-36(48-2)34(40)24-32)26-37(44)42(25-29-15-17-30(39)18-16-29)35(23-28-9-5-3-6-10-28)38(45)41-31-11-7-4-8-12-31/h3,5-6,9-10,13-22,24,31,35H,4,7-8,11-12,23,25-26H2,1-2H3,(H,41,45)/t35-/m0/s1. The van der Waals surface area contributed by atoms with Gasteiger partial charge < -0.3 is 15.0 Å². The van der Waals surface area contributed by atoms with E-state index in [-0.39, 0.29) is 40.5 Å². The van der Waals surface area contributed by atoms with Crippen LogP contribution in [0.2, 0.25) is 10.0 Å². The van der Waals surface area contributed by atoms with Crippen LogP contribution in [-0.4, -0.2) is 50.9 Å². The number of ether oxygens (including phenoxy) is 1. The summed E-state index contributed by atoms with van der Waals surface area (Å²) in [6, 6.07) is 26.6. The zero-order valence-corrected chi connectivity index (χ0v) is 30.0. The predicted octanol–water partition coefficient (Wildman–Crippen LogP) is 7.59. The fraction of sp³-hybridized carbons (Fsp3) is 0.316. The van der Waals surface area contributed by atoms with Crippen molar-refractivity contribution in [2.75, 3.05) is 18.0 Å². The Morgan fingerprint density at radius 1 is 0.878 bits per heavy atom. The molecule has 258 valence electrons. The lowest BCUT2D eigenvalue weighted by atomic mass is 9.94. The van der Waals surface area contributed by atoms with Crippen LogP contribution in [-0.2, 0) is 32.6 Å². The van der Waals surface area contributed by atoms with Gasteiger partial charge in [-0.2, -0.15) is 0 Å². The monoisotopic (exact) mass is 721 g/mol. The van der Waals surface area contributed by atoms with Gasteiger partial charge >= 0.3 is 0 Å². The molecule has 49 heavy (non-hydrogen) atoms. The molecule has 1 aliphatic rings. The molecule has 11 heteroatoms. The molecule has 0 unspecified atom stereocenters. The van der Waals surface area contributed by atoms with Crippen molar-refractivity contribution in [1.82, 2.24) is 10.2 Å². The minimum Gasteiger partial charge on any atom is -0.495 e. The summed E-state index contributed by atoms with van der Waals surface area (Å²) in [5.74, 6) is -0.480. The molecule has 1 atom stereocenters. The normalized spacial score (nSPS) is 14.1. The first-order valence-corrected chi connectivity index (χ1v) is 18.6. The first-order valence-electron chi connectivity index (χ1n) is 16.4. The SMILES string of the molecule is COc1ccc(N(CC(=O)N(Cc2ccc(Cl)cc2)[C@@H](Cc2ccccc2)C(=O)NC2CCCCC2)S(=O)(=O)c2ccc(C)cc2)cc1Cl. The van der Waals surface area contributed by atoms with Crippen molar-refractivity contribution in [2.24, 2.45) is 0 Å². The lowest BCUT2D eigenvalue weighted by Gasteiger charge is -2.35. The number of carbonyl (C=O) groups excluding carboxylic acids is 2. The number of halogens is 2. The molecule has 0 radical (unpaired) electrons. The largest absolute Gasteiger partial charge is 0.495 e. The van der Waals surface area contributed by atoms with Crippen molar-refractivity contribution in [2.45, 2.75) is 69.0 Å². The average Bonchev–Trinajstić information content (AvgIpc) is 3.10. The first kappa shape index (κ1) is 36.2. The van der Waals surface area contributed by atoms with Crippen molar-refractivity contribution in [3.63, 3.8) is 0 Å². The summed E-state index contributed by atoms with van der Waals surface area (Å²) in [7, 11) is -2.81. The summed E-state index contributed by atoms with van der Waals surface area (Å²) in [5, 5.41) is 3.93. The Hall–Kier alpha value is -4.05. The number of methoxy groups -OCH3 is 1. The van der Waals surface area contributed by atoms with Gasteiger partial charge in [-0.05, 0) is 73.4 Å². The van der Waals surface area contributed by atoms with Gasteiger partial charge in [0, 0.05) is 24.0 Å². The second kappa shape index (κ2) is 16.6. The van der Waals surface area contributed by atoms with E-state index in [0.717, 1.165) is 53.1 Å². The molecule has 4 aromatic carbocycles. The van der Waals surface area contributed by atoms with Gasteiger partial charge in [0.25, 0.3) is 10.0 Å². The smallest absolute Gasteiger partial charge is 0.264 e. The number of benzene rings is 4. The third kappa shape index (κ3) is 9.35. The first-order chi connectivity index (χ1) is 23.5. The third-order valence-corrected chi connectivity index (χ3v) is 11.1. The molecule has 8 nitrogen and oxygen atoms in total. The van der Waals surface area contributed by atoms with Crippen molar-refractivity contribution >= 4 is 50.7 Å². The molecule has 2 amide bonds. The van der Waals surface area contributed by atoms with Crippen LogP contribution in [0.1, 0.15) is 48.8 Å². The Kier molecular flexibility index (Phi) is 12.3. The topological polar surface area (TPSA) is 96.0 Å². The van der Waals surface area contributed by atoms with Crippen molar-refractivity contribution in [3.05, 3.63) is 124 Å². The molecule has 4 aromatic rings. The molecule has 0 spiro atoms. The van der Waals surface area contributed by atoms with Gasteiger partial charge in [0.2, 0.25) is 11.8 Å². The zero-order chi connectivity index (χ0) is 35.0.